The molecule has 252 valence electrons. The first-order chi connectivity index (χ1) is 26.6. The second kappa shape index (κ2) is 12.4. The number of allylic oxidation sites excluding steroid dienone is 1. The second-order valence-electron chi connectivity index (χ2n) is 13.8. The maximum Gasteiger partial charge on any atom is 0.161 e. The Balaban J connectivity index is 1.17. The van der Waals surface area contributed by atoms with E-state index < -0.39 is 5.41 Å². The third-order valence-corrected chi connectivity index (χ3v) is 10.7. The topological polar surface area (TPSA) is 57.7 Å². The molecule has 0 aromatic heterocycles. The van der Waals surface area contributed by atoms with E-state index in [4.69, 9.17) is 14.7 Å². The SMILES string of the molecule is CC1=C=C(c2ccc(-c3cccc(C#N)c3)cc2)N=C(c2ccccc2)N=C1c1ccc2c(c1)C1(c3ccccc3Oc3ccccc31)c1ccccc1-2. The molecule has 10 rings (SSSR count). The maximum absolute atomic E-state index is 9.43. The fraction of sp³-hybridized carbons (Fsp3) is 0.0400. The number of para-hydroxylation sites is 2. The number of ether oxygens (including phenoxy) is 1. The van der Waals surface area contributed by atoms with Crippen molar-refractivity contribution in [3.05, 3.63) is 226 Å². The van der Waals surface area contributed by atoms with Crippen molar-refractivity contribution in [3.8, 4) is 39.8 Å². The fourth-order valence-electron chi connectivity index (χ4n) is 8.31. The summed E-state index contributed by atoms with van der Waals surface area (Å²) in [5.41, 5.74) is 18.1. The Morgan fingerprint density at radius 3 is 1.87 bits per heavy atom. The molecule has 7 aromatic carbocycles. The molecular formula is C50H31N3O. The second-order valence-corrected chi connectivity index (χ2v) is 13.8. The van der Waals surface area contributed by atoms with Gasteiger partial charge >= 0.3 is 0 Å². The zero-order valence-corrected chi connectivity index (χ0v) is 29.4. The van der Waals surface area contributed by atoms with Gasteiger partial charge in [-0.25, -0.2) is 9.98 Å². The molecule has 2 aliphatic heterocycles. The van der Waals surface area contributed by atoms with Crippen molar-refractivity contribution in [2.24, 2.45) is 9.98 Å². The number of aliphatic imine (C=N–C) groups is 2. The van der Waals surface area contributed by atoms with E-state index in [2.05, 4.69) is 122 Å². The highest BCUT2D eigenvalue weighted by molar-refractivity contribution is 6.21. The first-order valence-corrected chi connectivity index (χ1v) is 18.0. The lowest BCUT2D eigenvalue weighted by Gasteiger charge is -2.39. The van der Waals surface area contributed by atoms with Gasteiger partial charge in [0, 0.05) is 33.4 Å². The Morgan fingerprint density at radius 1 is 0.519 bits per heavy atom. The van der Waals surface area contributed by atoms with Crippen LogP contribution in [0.25, 0.3) is 28.0 Å². The standard InChI is InChI=1S/C50H31N3O/c1-32-28-45(35-24-22-34(23-25-35)37-15-11-12-33(29-37)31-51)52-49(36-13-3-2-4-14-36)53-48(32)38-26-27-40-39-16-5-6-17-41(39)50(44(40)30-38)42-18-7-9-20-46(42)54-47-21-10-8-19-43(47)50/h2-27,29-30H,1H3. The van der Waals surface area contributed by atoms with Crippen LogP contribution in [-0.4, -0.2) is 11.5 Å². The average Bonchev–Trinajstić information content (AvgIpc) is 3.39. The van der Waals surface area contributed by atoms with Crippen molar-refractivity contribution >= 4 is 17.2 Å². The van der Waals surface area contributed by atoms with Gasteiger partial charge in [0.15, 0.2) is 5.84 Å². The number of rotatable bonds is 4. The third kappa shape index (κ3) is 4.85. The molecule has 0 unspecified atom stereocenters. The van der Waals surface area contributed by atoms with Crippen LogP contribution in [0.1, 0.15) is 51.4 Å². The first kappa shape index (κ1) is 31.4. The largest absolute Gasteiger partial charge is 0.457 e. The molecule has 0 saturated carbocycles. The maximum atomic E-state index is 9.43. The quantitative estimate of drug-likeness (QED) is 0.173. The van der Waals surface area contributed by atoms with Crippen LogP contribution in [0.2, 0.25) is 0 Å². The minimum Gasteiger partial charge on any atom is -0.457 e. The van der Waals surface area contributed by atoms with E-state index in [-0.39, 0.29) is 0 Å². The summed E-state index contributed by atoms with van der Waals surface area (Å²) in [6.07, 6.45) is 0. The van der Waals surface area contributed by atoms with Crippen molar-refractivity contribution in [1.82, 2.24) is 0 Å². The first-order valence-electron chi connectivity index (χ1n) is 18.0. The molecule has 54 heavy (non-hydrogen) atoms. The highest BCUT2D eigenvalue weighted by atomic mass is 16.5. The summed E-state index contributed by atoms with van der Waals surface area (Å²) < 4.78 is 6.56. The summed E-state index contributed by atoms with van der Waals surface area (Å²) in [5.74, 6) is 2.35. The van der Waals surface area contributed by atoms with Crippen LogP contribution in [-0.2, 0) is 5.41 Å². The van der Waals surface area contributed by atoms with E-state index in [1.165, 1.54) is 22.3 Å². The molecule has 4 nitrogen and oxygen atoms in total. The summed E-state index contributed by atoms with van der Waals surface area (Å²) in [5, 5.41) is 9.43. The molecule has 1 spiro atoms. The number of nitrogens with zero attached hydrogens (tertiary/aromatic N) is 3. The van der Waals surface area contributed by atoms with Crippen LogP contribution >= 0.6 is 0 Å². The van der Waals surface area contributed by atoms with Gasteiger partial charge in [0.2, 0.25) is 0 Å². The summed E-state index contributed by atoms with van der Waals surface area (Å²) in [6.45, 7) is 2.07. The lowest BCUT2D eigenvalue weighted by Crippen LogP contribution is -2.32. The predicted molar refractivity (Wildman–Crippen MR) is 216 cm³/mol. The summed E-state index contributed by atoms with van der Waals surface area (Å²) in [7, 11) is 0. The molecule has 2 heterocycles. The normalized spacial score (nSPS) is 14.4. The third-order valence-electron chi connectivity index (χ3n) is 10.7. The van der Waals surface area contributed by atoms with Crippen LogP contribution in [0.4, 0.5) is 0 Å². The Kier molecular flexibility index (Phi) is 7.23. The number of amidine groups is 1. The molecule has 0 amide bonds. The molecule has 0 bridgehead atoms. The van der Waals surface area contributed by atoms with Gasteiger partial charge in [-0.3, -0.25) is 0 Å². The molecular weight excluding hydrogens is 659 g/mol. The predicted octanol–water partition coefficient (Wildman–Crippen LogP) is 11.5. The van der Waals surface area contributed by atoms with Crippen molar-refractivity contribution in [2.75, 3.05) is 0 Å². The summed E-state index contributed by atoms with van der Waals surface area (Å²) >= 11 is 0. The summed E-state index contributed by atoms with van der Waals surface area (Å²) in [4.78, 5) is 10.5. The zero-order valence-electron chi connectivity index (χ0n) is 29.4. The highest BCUT2D eigenvalue weighted by Crippen LogP contribution is 2.62. The van der Waals surface area contributed by atoms with Gasteiger partial charge in [-0.15, -0.1) is 0 Å². The van der Waals surface area contributed by atoms with Crippen molar-refractivity contribution < 1.29 is 4.74 Å². The molecule has 0 radical (unpaired) electrons. The molecule has 7 aromatic rings. The lowest BCUT2D eigenvalue weighted by molar-refractivity contribution is 0.436. The zero-order chi connectivity index (χ0) is 36.2. The van der Waals surface area contributed by atoms with Gasteiger partial charge in [0.05, 0.1) is 22.8 Å². The van der Waals surface area contributed by atoms with Gasteiger partial charge in [0.25, 0.3) is 0 Å². The Hall–Kier alpha value is -7.31. The Morgan fingerprint density at radius 2 is 1.13 bits per heavy atom. The number of hydrogen-bond donors (Lipinski definition) is 0. The fourth-order valence-corrected chi connectivity index (χ4v) is 8.31. The number of nitriles is 1. The molecule has 4 heteroatoms. The minimum atomic E-state index is -0.581. The van der Waals surface area contributed by atoms with E-state index in [0.29, 0.717) is 17.1 Å². The molecule has 0 atom stereocenters. The minimum absolute atomic E-state index is 0.581. The van der Waals surface area contributed by atoms with Crippen molar-refractivity contribution in [1.29, 1.82) is 5.26 Å². The van der Waals surface area contributed by atoms with Gasteiger partial charge in [-0.2, -0.15) is 5.26 Å². The van der Waals surface area contributed by atoms with Crippen LogP contribution in [0.5, 0.6) is 11.5 Å². The average molecular weight is 690 g/mol. The van der Waals surface area contributed by atoms with Crippen molar-refractivity contribution in [3.63, 3.8) is 0 Å². The van der Waals surface area contributed by atoms with Crippen LogP contribution in [0, 0.1) is 11.3 Å². The molecule has 0 N–H and O–H groups in total. The number of fused-ring (bicyclic) bond motifs is 9. The van der Waals surface area contributed by atoms with E-state index in [1.54, 1.807) is 0 Å². The molecule has 3 aliphatic rings. The lowest BCUT2D eigenvalue weighted by atomic mass is 9.66. The van der Waals surface area contributed by atoms with Gasteiger partial charge < -0.3 is 4.74 Å². The smallest absolute Gasteiger partial charge is 0.161 e. The van der Waals surface area contributed by atoms with Gasteiger partial charge in [0.1, 0.15) is 17.2 Å². The molecule has 0 fully saturated rings. The summed E-state index contributed by atoms with van der Waals surface area (Å²) in [6, 6.07) is 60.7. The monoisotopic (exact) mass is 689 g/mol. The van der Waals surface area contributed by atoms with E-state index in [1.807, 2.05) is 66.7 Å². The van der Waals surface area contributed by atoms with E-state index in [0.717, 1.165) is 61.7 Å². The van der Waals surface area contributed by atoms with Crippen LogP contribution in [0.15, 0.2) is 191 Å². The molecule has 1 aliphatic carbocycles. The highest BCUT2D eigenvalue weighted by Gasteiger charge is 2.51. The van der Waals surface area contributed by atoms with Crippen LogP contribution < -0.4 is 4.74 Å². The van der Waals surface area contributed by atoms with Gasteiger partial charge in [-0.1, -0.05) is 145 Å². The van der Waals surface area contributed by atoms with Crippen LogP contribution in [0.3, 0.4) is 0 Å². The van der Waals surface area contributed by atoms with Crippen molar-refractivity contribution in [2.45, 2.75) is 12.3 Å². The van der Waals surface area contributed by atoms with E-state index >= 15 is 0 Å². The van der Waals surface area contributed by atoms with Gasteiger partial charge in [-0.05, 0) is 70.6 Å². The Labute approximate surface area is 314 Å². The number of hydrogen-bond acceptors (Lipinski definition) is 4. The molecule has 0 saturated heterocycles. The Bertz CT molecular complexity index is 2800. The number of benzene rings is 7. The van der Waals surface area contributed by atoms with E-state index in [9.17, 15) is 5.26 Å².